The Labute approximate surface area is 158 Å². The number of para-hydroxylation sites is 1. The van der Waals surface area contributed by atoms with Crippen LogP contribution in [0.25, 0.3) is 11.1 Å². The van der Waals surface area contributed by atoms with Crippen LogP contribution in [0.2, 0.25) is 0 Å². The molecule has 6 heteroatoms. The molecule has 0 saturated heterocycles. The normalized spacial score (nSPS) is 11.1. The summed E-state index contributed by atoms with van der Waals surface area (Å²) >= 11 is 0. The van der Waals surface area contributed by atoms with Crippen molar-refractivity contribution in [1.29, 1.82) is 0 Å². The summed E-state index contributed by atoms with van der Waals surface area (Å²) in [4.78, 5) is 19.2. The molecule has 1 heterocycles. The number of nitrogens with zero attached hydrogens (tertiary/aromatic N) is 2. The van der Waals surface area contributed by atoms with Crippen molar-refractivity contribution in [1.82, 2.24) is 9.97 Å². The first-order chi connectivity index (χ1) is 12.8. The molecule has 3 rings (SSSR count). The van der Waals surface area contributed by atoms with E-state index < -0.39 is 6.09 Å². The molecule has 0 radical (unpaired) electrons. The molecule has 27 heavy (non-hydrogen) atoms. The summed E-state index contributed by atoms with van der Waals surface area (Å²) in [5, 5.41) is 0. The van der Waals surface area contributed by atoms with Crippen LogP contribution in [0.1, 0.15) is 26.3 Å². The minimum Gasteiger partial charge on any atom is -0.438 e. The molecule has 0 saturated carbocycles. The highest BCUT2D eigenvalue weighted by atomic mass is 16.5. The minimum absolute atomic E-state index is 0.153. The second kappa shape index (κ2) is 7.45. The van der Waals surface area contributed by atoms with E-state index in [2.05, 4.69) is 30.7 Å². The maximum atomic E-state index is 11.1. The molecular weight excluding hydrogens is 342 g/mol. The summed E-state index contributed by atoms with van der Waals surface area (Å²) in [6.45, 7) is 6.35. The van der Waals surface area contributed by atoms with Gasteiger partial charge in [0.05, 0.1) is 0 Å². The number of nitrogens with two attached hydrogens (primary N) is 1. The highest BCUT2D eigenvalue weighted by Gasteiger charge is 2.23. The quantitative estimate of drug-likeness (QED) is 0.726. The summed E-state index contributed by atoms with van der Waals surface area (Å²) in [5.74, 6) is 1.52. The van der Waals surface area contributed by atoms with E-state index in [0.717, 1.165) is 16.7 Å². The molecule has 138 valence electrons. The van der Waals surface area contributed by atoms with Gasteiger partial charge in [0, 0.05) is 23.4 Å². The molecular formula is C21H21N3O3. The molecule has 0 aliphatic rings. The molecule has 0 atom stereocenters. The third-order valence-electron chi connectivity index (χ3n) is 3.95. The largest absolute Gasteiger partial charge is 0.438 e. The molecule has 0 fully saturated rings. The molecule has 0 aliphatic carbocycles. The van der Waals surface area contributed by atoms with Gasteiger partial charge < -0.3 is 15.2 Å². The number of amides is 1. The predicted octanol–water partition coefficient (Wildman–Crippen LogP) is 4.69. The van der Waals surface area contributed by atoms with E-state index >= 15 is 0 Å². The van der Waals surface area contributed by atoms with Crippen LogP contribution in [0.4, 0.5) is 4.79 Å². The lowest BCUT2D eigenvalue weighted by Crippen LogP contribution is -2.16. The molecule has 2 aromatic carbocycles. The Hall–Kier alpha value is -3.41. The first kappa shape index (κ1) is 18.4. The number of ether oxygens (including phenoxy) is 2. The van der Waals surface area contributed by atoms with Crippen molar-refractivity contribution in [2.75, 3.05) is 0 Å². The number of carbonyl (C=O) groups excluding carboxylic acids is 1. The average molecular weight is 363 g/mol. The molecule has 1 aromatic heterocycles. The zero-order valence-corrected chi connectivity index (χ0v) is 15.5. The Balaban J connectivity index is 2.14. The minimum atomic E-state index is -0.854. The Morgan fingerprint density at radius 1 is 1.07 bits per heavy atom. The highest BCUT2D eigenvalue weighted by molar-refractivity contribution is 5.75. The number of hydrogen-bond donors (Lipinski definition) is 1. The molecule has 1 amide bonds. The van der Waals surface area contributed by atoms with E-state index in [1.807, 2.05) is 24.3 Å². The Morgan fingerprint density at radius 3 is 2.52 bits per heavy atom. The number of rotatable bonds is 4. The number of benzene rings is 2. The van der Waals surface area contributed by atoms with Gasteiger partial charge in [0.1, 0.15) is 17.8 Å². The van der Waals surface area contributed by atoms with Crippen LogP contribution in [0, 0.1) is 0 Å². The van der Waals surface area contributed by atoms with E-state index in [-0.39, 0.29) is 5.41 Å². The van der Waals surface area contributed by atoms with Crippen molar-refractivity contribution in [3.63, 3.8) is 0 Å². The lowest BCUT2D eigenvalue weighted by Gasteiger charge is -2.24. The van der Waals surface area contributed by atoms with Crippen LogP contribution in [0.15, 0.2) is 61.1 Å². The van der Waals surface area contributed by atoms with Crippen molar-refractivity contribution >= 4 is 6.09 Å². The van der Waals surface area contributed by atoms with Gasteiger partial charge in [-0.1, -0.05) is 51.1 Å². The fourth-order valence-corrected chi connectivity index (χ4v) is 2.75. The number of carbonyl (C=O) groups is 1. The zero-order chi connectivity index (χ0) is 19.4. The summed E-state index contributed by atoms with van der Waals surface area (Å²) in [5.41, 5.74) is 7.70. The Kier molecular flexibility index (Phi) is 5.07. The average Bonchev–Trinajstić information content (AvgIpc) is 2.61. The molecule has 0 spiro atoms. The van der Waals surface area contributed by atoms with Crippen LogP contribution in [0.5, 0.6) is 17.4 Å². The van der Waals surface area contributed by atoms with Gasteiger partial charge >= 0.3 is 6.09 Å². The van der Waals surface area contributed by atoms with Crippen LogP contribution in [0.3, 0.4) is 0 Å². The second-order valence-electron chi connectivity index (χ2n) is 7.03. The lowest BCUT2D eigenvalue weighted by atomic mass is 9.84. The maximum absolute atomic E-state index is 11.1. The Morgan fingerprint density at radius 2 is 1.85 bits per heavy atom. The topological polar surface area (TPSA) is 87.3 Å². The van der Waals surface area contributed by atoms with E-state index in [1.165, 1.54) is 6.33 Å². The third kappa shape index (κ3) is 4.41. The maximum Gasteiger partial charge on any atom is 0.409 e. The monoisotopic (exact) mass is 363 g/mol. The van der Waals surface area contributed by atoms with Crippen LogP contribution in [-0.4, -0.2) is 16.1 Å². The third-order valence-corrected chi connectivity index (χ3v) is 3.95. The Bertz CT molecular complexity index is 950. The van der Waals surface area contributed by atoms with Crippen molar-refractivity contribution in [3.8, 4) is 28.5 Å². The first-order valence-corrected chi connectivity index (χ1v) is 8.49. The summed E-state index contributed by atoms with van der Waals surface area (Å²) in [6.07, 6.45) is 2.21. The molecule has 0 aliphatic heterocycles. The van der Waals surface area contributed by atoms with Crippen LogP contribution in [-0.2, 0) is 5.41 Å². The zero-order valence-electron chi connectivity index (χ0n) is 15.5. The van der Waals surface area contributed by atoms with Crippen LogP contribution < -0.4 is 15.2 Å². The van der Waals surface area contributed by atoms with E-state index in [4.69, 9.17) is 15.2 Å². The van der Waals surface area contributed by atoms with E-state index in [9.17, 15) is 4.79 Å². The fourth-order valence-electron chi connectivity index (χ4n) is 2.75. The SMILES string of the molecule is CC(C)(C)c1cccc(-c2cccc(OC(N)=O)c2)c1Oc1ccncn1. The molecule has 2 N–H and O–H groups in total. The number of hydrogen-bond acceptors (Lipinski definition) is 5. The molecule has 0 bridgehead atoms. The molecule has 6 nitrogen and oxygen atoms in total. The second-order valence-corrected chi connectivity index (χ2v) is 7.03. The fraction of sp³-hybridized carbons (Fsp3) is 0.190. The van der Waals surface area contributed by atoms with Gasteiger partial charge in [0.15, 0.2) is 0 Å². The smallest absolute Gasteiger partial charge is 0.409 e. The van der Waals surface area contributed by atoms with Crippen LogP contribution >= 0.6 is 0 Å². The van der Waals surface area contributed by atoms with Crippen molar-refractivity contribution in [2.45, 2.75) is 26.2 Å². The first-order valence-electron chi connectivity index (χ1n) is 8.49. The molecule has 3 aromatic rings. The van der Waals surface area contributed by atoms with Gasteiger partial charge in [-0.2, -0.15) is 0 Å². The van der Waals surface area contributed by atoms with Crippen molar-refractivity contribution < 1.29 is 14.3 Å². The highest BCUT2D eigenvalue weighted by Crippen LogP contribution is 2.41. The van der Waals surface area contributed by atoms with Gasteiger partial charge in [-0.15, -0.1) is 0 Å². The van der Waals surface area contributed by atoms with E-state index in [0.29, 0.717) is 17.4 Å². The molecule has 0 unspecified atom stereocenters. The summed E-state index contributed by atoms with van der Waals surface area (Å²) in [6, 6.07) is 14.8. The lowest BCUT2D eigenvalue weighted by molar-refractivity contribution is 0.211. The number of primary amides is 1. The summed E-state index contributed by atoms with van der Waals surface area (Å²) < 4.78 is 11.2. The van der Waals surface area contributed by atoms with Gasteiger partial charge in [-0.25, -0.2) is 14.8 Å². The predicted molar refractivity (Wildman–Crippen MR) is 103 cm³/mol. The van der Waals surface area contributed by atoms with E-state index in [1.54, 1.807) is 30.5 Å². The van der Waals surface area contributed by atoms with Gasteiger partial charge in [-0.05, 0) is 23.1 Å². The van der Waals surface area contributed by atoms with Crippen molar-refractivity contribution in [2.24, 2.45) is 5.73 Å². The van der Waals surface area contributed by atoms with Gasteiger partial charge in [-0.3, -0.25) is 0 Å². The number of aromatic nitrogens is 2. The summed E-state index contributed by atoms with van der Waals surface area (Å²) in [7, 11) is 0. The standard InChI is InChI=1S/C21H21N3O3/c1-21(2,3)17-9-5-8-16(19(17)27-18-10-11-23-13-24-18)14-6-4-7-15(12-14)26-20(22)25/h4-13H,1-3H3,(H2,22,25). The van der Waals surface area contributed by atoms with Gasteiger partial charge in [0.2, 0.25) is 5.88 Å². The van der Waals surface area contributed by atoms with Gasteiger partial charge in [0.25, 0.3) is 0 Å². The van der Waals surface area contributed by atoms with Crippen molar-refractivity contribution in [3.05, 3.63) is 66.6 Å².